The molecule has 4 N–H and O–H groups in total. The summed E-state index contributed by atoms with van der Waals surface area (Å²) < 4.78 is 0. The van der Waals surface area contributed by atoms with Crippen molar-refractivity contribution in [2.24, 2.45) is 5.73 Å². The van der Waals surface area contributed by atoms with Gasteiger partial charge in [-0.05, 0) is 49.6 Å². The summed E-state index contributed by atoms with van der Waals surface area (Å²) in [7, 11) is 0. The number of aliphatic hydroxyl groups is 1. The number of piperidine rings is 1. The van der Waals surface area contributed by atoms with Crippen LogP contribution < -0.4 is 5.73 Å². The summed E-state index contributed by atoms with van der Waals surface area (Å²) >= 11 is 0. The molecule has 158 valence electrons. The molecule has 1 aliphatic heterocycles. The third-order valence-corrected chi connectivity index (χ3v) is 6.17. The molecule has 3 aromatic heterocycles. The molecule has 6 nitrogen and oxygen atoms in total. The van der Waals surface area contributed by atoms with Crippen molar-refractivity contribution in [2.75, 3.05) is 13.1 Å². The first kappa shape index (κ1) is 19.9. The number of nitrogens with one attached hydrogen (secondary N) is 1. The van der Waals surface area contributed by atoms with Crippen LogP contribution in [-0.4, -0.2) is 43.6 Å². The number of aromatic nitrogens is 3. The highest BCUT2D eigenvalue weighted by atomic mass is 16.3. The predicted octanol–water partition coefficient (Wildman–Crippen LogP) is 4.10. The van der Waals surface area contributed by atoms with E-state index in [-0.39, 0.29) is 5.54 Å². The molecule has 1 saturated heterocycles. The highest BCUT2D eigenvalue weighted by Gasteiger charge is 2.30. The van der Waals surface area contributed by atoms with Crippen LogP contribution in [0.1, 0.15) is 31.7 Å². The molecule has 31 heavy (non-hydrogen) atoms. The van der Waals surface area contributed by atoms with Crippen LogP contribution in [-0.2, 0) is 0 Å². The SMILES string of the molecule is CC1(N)CCN(C(O)c2cccc(-c3cnc4[nH]c(-c5ccccc5)cc4c3)n2)CC1. The number of H-pyrrole nitrogens is 1. The molecule has 1 aliphatic rings. The second-order valence-electron chi connectivity index (χ2n) is 8.72. The Morgan fingerprint density at radius 1 is 1.03 bits per heavy atom. The first-order chi connectivity index (χ1) is 15.0. The second kappa shape index (κ2) is 7.89. The van der Waals surface area contributed by atoms with E-state index in [4.69, 9.17) is 10.7 Å². The fraction of sp³-hybridized carbons (Fsp3) is 0.280. The van der Waals surface area contributed by atoms with Gasteiger partial charge in [0, 0.05) is 41.5 Å². The number of nitrogens with zero attached hydrogens (tertiary/aromatic N) is 3. The molecule has 0 bridgehead atoms. The van der Waals surface area contributed by atoms with E-state index in [0.29, 0.717) is 5.69 Å². The van der Waals surface area contributed by atoms with E-state index in [0.717, 1.165) is 59.5 Å². The van der Waals surface area contributed by atoms with Crippen LogP contribution in [0.15, 0.2) is 66.9 Å². The summed E-state index contributed by atoms with van der Waals surface area (Å²) in [6.07, 6.45) is 2.82. The molecule has 5 rings (SSSR count). The number of aromatic amines is 1. The molecular formula is C25H27N5O. The number of benzene rings is 1. The number of fused-ring (bicyclic) bond motifs is 1. The predicted molar refractivity (Wildman–Crippen MR) is 123 cm³/mol. The van der Waals surface area contributed by atoms with Gasteiger partial charge < -0.3 is 15.8 Å². The Morgan fingerprint density at radius 2 is 1.81 bits per heavy atom. The van der Waals surface area contributed by atoms with Crippen molar-refractivity contribution in [1.82, 2.24) is 19.9 Å². The van der Waals surface area contributed by atoms with Crippen LogP contribution in [0.3, 0.4) is 0 Å². The molecule has 1 atom stereocenters. The van der Waals surface area contributed by atoms with Gasteiger partial charge >= 0.3 is 0 Å². The summed E-state index contributed by atoms with van der Waals surface area (Å²) in [6.45, 7) is 3.60. The highest BCUT2D eigenvalue weighted by molar-refractivity contribution is 5.86. The summed E-state index contributed by atoms with van der Waals surface area (Å²) in [5, 5.41) is 11.9. The lowest BCUT2D eigenvalue weighted by atomic mass is 9.91. The maximum atomic E-state index is 10.9. The van der Waals surface area contributed by atoms with Crippen LogP contribution in [0, 0.1) is 0 Å². The van der Waals surface area contributed by atoms with Gasteiger partial charge in [0.05, 0.1) is 11.4 Å². The Kier molecular flexibility index (Phi) is 5.06. The van der Waals surface area contributed by atoms with Crippen LogP contribution in [0.5, 0.6) is 0 Å². The Morgan fingerprint density at radius 3 is 2.58 bits per heavy atom. The zero-order chi connectivity index (χ0) is 21.4. The van der Waals surface area contributed by atoms with Gasteiger partial charge in [0.25, 0.3) is 0 Å². The maximum absolute atomic E-state index is 10.9. The van der Waals surface area contributed by atoms with Gasteiger partial charge in [0.2, 0.25) is 0 Å². The lowest BCUT2D eigenvalue weighted by Gasteiger charge is -2.38. The molecule has 0 spiro atoms. The third kappa shape index (κ3) is 4.10. The largest absolute Gasteiger partial charge is 0.372 e. The normalized spacial score (nSPS) is 17.6. The molecule has 6 heteroatoms. The van der Waals surface area contributed by atoms with Crippen LogP contribution in [0.2, 0.25) is 0 Å². The summed E-state index contributed by atoms with van der Waals surface area (Å²) in [5.41, 5.74) is 11.5. The van der Waals surface area contributed by atoms with E-state index >= 15 is 0 Å². The van der Waals surface area contributed by atoms with Gasteiger partial charge in [-0.25, -0.2) is 9.97 Å². The molecular weight excluding hydrogens is 386 g/mol. The van der Waals surface area contributed by atoms with Crippen molar-refractivity contribution in [2.45, 2.75) is 31.5 Å². The lowest BCUT2D eigenvalue weighted by Crippen LogP contribution is -2.49. The van der Waals surface area contributed by atoms with E-state index in [1.54, 1.807) is 0 Å². The minimum absolute atomic E-state index is 0.151. The Labute approximate surface area is 181 Å². The fourth-order valence-electron chi connectivity index (χ4n) is 4.15. The van der Waals surface area contributed by atoms with Gasteiger partial charge in [0.15, 0.2) is 6.23 Å². The number of rotatable bonds is 4. The summed E-state index contributed by atoms with van der Waals surface area (Å²) in [6, 6.07) is 20.2. The van der Waals surface area contributed by atoms with Crippen LogP contribution in [0.25, 0.3) is 33.5 Å². The summed E-state index contributed by atoms with van der Waals surface area (Å²) in [4.78, 5) is 14.8. The standard InChI is InChI=1S/C25H27N5O/c1-25(26)10-12-30(13-11-25)24(31)21-9-5-8-20(28-21)19-14-18-15-22(29-23(18)27-16-19)17-6-3-2-4-7-17/h2-9,14-16,24,31H,10-13,26H2,1H3,(H,27,29). The number of hydrogen-bond donors (Lipinski definition) is 3. The van der Waals surface area contributed by atoms with Crippen LogP contribution in [0.4, 0.5) is 0 Å². The highest BCUT2D eigenvalue weighted by Crippen LogP contribution is 2.29. The van der Waals surface area contributed by atoms with Gasteiger partial charge in [-0.1, -0.05) is 36.4 Å². The Balaban J connectivity index is 1.41. The van der Waals surface area contributed by atoms with E-state index in [1.165, 1.54) is 0 Å². The van der Waals surface area contributed by atoms with E-state index in [9.17, 15) is 5.11 Å². The molecule has 0 radical (unpaired) electrons. The smallest absolute Gasteiger partial charge is 0.150 e. The van der Waals surface area contributed by atoms with Gasteiger partial charge in [-0.3, -0.25) is 4.90 Å². The monoisotopic (exact) mass is 413 g/mol. The zero-order valence-corrected chi connectivity index (χ0v) is 17.6. The van der Waals surface area contributed by atoms with Crippen molar-refractivity contribution in [3.8, 4) is 22.5 Å². The minimum Gasteiger partial charge on any atom is -0.372 e. The van der Waals surface area contributed by atoms with E-state index in [1.807, 2.05) is 47.5 Å². The fourth-order valence-corrected chi connectivity index (χ4v) is 4.15. The van der Waals surface area contributed by atoms with Crippen molar-refractivity contribution in [3.63, 3.8) is 0 Å². The average Bonchev–Trinajstić information content (AvgIpc) is 3.23. The number of nitrogens with two attached hydrogens (primary N) is 1. The quantitative estimate of drug-likeness (QED) is 0.469. The molecule has 4 heterocycles. The van der Waals surface area contributed by atoms with Crippen molar-refractivity contribution >= 4 is 11.0 Å². The average molecular weight is 414 g/mol. The number of aliphatic hydroxyl groups excluding tert-OH is 1. The molecule has 0 amide bonds. The maximum Gasteiger partial charge on any atom is 0.150 e. The third-order valence-electron chi connectivity index (χ3n) is 6.17. The zero-order valence-electron chi connectivity index (χ0n) is 17.6. The number of pyridine rings is 2. The summed E-state index contributed by atoms with van der Waals surface area (Å²) in [5.74, 6) is 0. The minimum atomic E-state index is -0.732. The molecule has 4 aromatic rings. The van der Waals surface area contributed by atoms with Gasteiger partial charge in [-0.15, -0.1) is 0 Å². The van der Waals surface area contributed by atoms with Gasteiger partial charge in [-0.2, -0.15) is 0 Å². The van der Waals surface area contributed by atoms with Crippen molar-refractivity contribution < 1.29 is 5.11 Å². The van der Waals surface area contributed by atoms with Crippen molar-refractivity contribution in [3.05, 3.63) is 72.6 Å². The topological polar surface area (TPSA) is 91.1 Å². The van der Waals surface area contributed by atoms with Crippen molar-refractivity contribution in [1.29, 1.82) is 0 Å². The molecule has 0 saturated carbocycles. The van der Waals surface area contributed by atoms with Gasteiger partial charge in [0.1, 0.15) is 5.65 Å². The Hall–Kier alpha value is -3.06. The molecule has 0 aliphatic carbocycles. The Bertz CT molecular complexity index is 1190. The molecule has 1 aromatic carbocycles. The molecule has 1 unspecified atom stereocenters. The number of likely N-dealkylation sites (tertiary alicyclic amines) is 1. The second-order valence-corrected chi connectivity index (χ2v) is 8.72. The lowest BCUT2D eigenvalue weighted by molar-refractivity contribution is -0.0236. The molecule has 1 fully saturated rings. The van der Waals surface area contributed by atoms with Crippen LogP contribution >= 0.6 is 0 Å². The number of hydrogen-bond acceptors (Lipinski definition) is 5. The first-order valence-corrected chi connectivity index (χ1v) is 10.7. The van der Waals surface area contributed by atoms with E-state index in [2.05, 4.69) is 41.2 Å². The van der Waals surface area contributed by atoms with E-state index < -0.39 is 6.23 Å². The first-order valence-electron chi connectivity index (χ1n) is 10.7.